The molecule has 404 valence electrons. The van der Waals surface area contributed by atoms with Gasteiger partial charge in [0.05, 0.1) is 19.8 Å². The van der Waals surface area contributed by atoms with E-state index in [1.807, 2.05) is 34.6 Å². The Bertz CT molecular complexity index is 2000. The molecule has 22 heteroatoms. The molecule has 1 aliphatic rings. The second-order valence-electron chi connectivity index (χ2n) is 19.4. The topological polar surface area (TPSA) is 294 Å². The Morgan fingerprint density at radius 2 is 1.43 bits per heavy atom. The molecule has 1 fully saturated rings. The van der Waals surface area contributed by atoms with Gasteiger partial charge in [0.1, 0.15) is 43.7 Å². The highest BCUT2D eigenvalue weighted by Crippen LogP contribution is 2.25. The number of carbonyl (C=O) groups excluding carboxylic acids is 10. The number of carbonyl (C=O) groups is 10. The van der Waals surface area contributed by atoms with Crippen LogP contribution in [0.2, 0.25) is 0 Å². The van der Waals surface area contributed by atoms with Crippen molar-refractivity contribution in [2.45, 2.75) is 138 Å². The first-order valence-corrected chi connectivity index (χ1v) is 24.9. The fourth-order valence-corrected chi connectivity index (χ4v) is 8.36. The van der Waals surface area contributed by atoms with Gasteiger partial charge in [0.2, 0.25) is 35.4 Å². The van der Waals surface area contributed by atoms with Crippen LogP contribution in [0.15, 0.2) is 24.3 Å². The fourth-order valence-electron chi connectivity index (χ4n) is 8.36. The number of benzene rings is 1. The van der Waals surface area contributed by atoms with Gasteiger partial charge in [-0.2, -0.15) is 0 Å². The number of likely N-dealkylation sites (N-methyl/N-ethyl adjacent to an activating group) is 2. The highest BCUT2D eigenvalue weighted by Gasteiger charge is 2.39. The highest BCUT2D eigenvalue weighted by atomic mass is 16.6. The van der Waals surface area contributed by atoms with E-state index in [4.69, 9.17) is 19.9 Å². The van der Waals surface area contributed by atoms with E-state index >= 15 is 0 Å². The molecule has 2 rings (SSSR count). The van der Waals surface area contributed by atoms with Gasteiger partial charge in [0.15, 0.2) is 0 Å². The number of urea groups is 1. The molecule has 1 aromatic rings. The van der Waals surface area contributed by atoms with Crippen LogP contribution in [0.25, 0.3) is 0 Å². The van der Waals surface area contributed by atoms with Crippen LogP contribution in [0.5, 0.6) is 0 Å². The molecule has 0 aliphatic carbocycles. The number of hydrogen-bond donors (Lipinski definition) is 6. The Balaban J connectivity index is 2.07. The number of nitrogens with zero attached hydrogens (tertiary/aromatic N) is 3. The maximum absolute atomic E-state index is 14.0. The molecule has 0 saturated carbocycles. The van der Waals surface area contributed by atoms with Crippen LogP contribution >= 0.6 is 0 Å². The predicted octanol–water partition coefficient (Wildman–Crippen LogP) is 3.55. The Morgan fingerprint density at radius 1 is 0.792 bits per heavy atom. The minimum absolute atomic E-state index is 0.0267. The van der Waals surface area contributed by atoms with Gasteiger partial charge in [-0.15, -0.1) is 0 Å². The first-order valence-electron chi connectivity index (χ1n) is 24.9. The summed E-state index contributed by atoms with van der Waals surface area (Å²) < 4.78 is 16.2. The van der Waals surface area contributed by atoms with Crippen LogP contribution in [-0.4, -0.2) is 152 Å². The minimum Gasteiger partial charge on any atom is -0.447 e. The third-order valence-electron chi connectivity index (χ3n) is 12.7. The third-order valence-corrected chi connectivity index (χ3v) is 12.7. The SMILES string of the molecule is CC[C@@H](C=O)[C@H]([C@@H](C)CC)N(C)C(=O)[C@@H](NC(=O)C(C(C)C)N(C)C(=O)OCc1ccc(NC(=O)[C@H](CCCNC(N)=O)NC(=O)[C@@H](NC(=O)OCCOCCN2C(=O)CC(C)C2=O)C(C)C)cc1)C(C)C. The van der Waals surface area contributed by atoms with Crippen molar-refractivity contribution in [3.63, 3.8) is 0 Å². The lowest BCUT2D eigenvalue weighted by atomic mass is 9.85. The van der Waals surface area contributed by atoms with Gasteiger partial charge in [0.25, 0.3) is 0 Å². The summed E-state index contributed by atoms with van der Waals surface area (Å²) >= 11 is 0. The maximum atomic E-state index is 14.0. The molecule has 0 bridgehead atoms. The summed E-state index contributed by atoms with van der Waals surface area (Å²) in [4.78, 5) is 132. The molecule has 1 saturated heterocycles. The summed E-state index contributed by atoms with van der Waals surface area (Å²) in [6.07, 6.45) is 0.946. The van der Waals surface area contributed by atoms with Gasteiger partial charge in [-0.3, -0.25) is 38.6 Å². The van der Waals surface area contributed by atoms with E-state index in [1.165, 1.54) is 11.9 Å². The normalized spacial score (nSPS) is 16.4. The van der Waals surface area contributed by atoms with E-state index in [1.54, 1.807) is 70.8 Å². The molecule has 2 unspecified atom stereocenters. The standard InChI is InChI=1S/C50H81N9O13/c1-13-32(9)42(35(14-2)27-60)57(11)47(66)40(30(5)6)55-45(64)41(31(7)8)58(12)50(69)72-28-34-17-19-36(20-18-34)53-43(62)37(16-15-21-52-48(51)67)54-44(63)39(29(3)4)56-49(68)71-25-24-70-23-22-59-38(61)26-33(10)46(59)65/h17-20,27,29-33,35,37,39-42H,13-16,21-26,28H2,1-12H3,(H,53,62)(H,54,63)(H,55,64)(H,56,68)(H3,51,52,67)/t32-,33?,35-,37-,39-,40-,41?,42-/m0/s1. The van der Waals surface area contributed by atoms with Crippen molar-refractivity contribution in [1.29, 1.82) is 0 Å². The second kappa shape index (κ2) is 30.5. The van der Waals surface area contributed by atoms with Gasteiger partial charge in [-0.05, 0) is 60.6 Å². The van der Waals surface area contributed by atoms with Gasteiger partial charge < -0.3 is 56.2 Å². The highest BCUT2D eigenvalue weighted by molar-refractivity contribution is 6.03. The minimum atomic E-state index is -1.13. The molecule has 1 aliphatic heterocycles. The second-order valence-corrected chi connectivity index (χ2v) is 19.4. The molecule has 7 N–H and O–H groups in total. The van der Waals surface area contributed by atoms with E-state index in [0.29, 0.717) is 17.7 Å². The molecular formula is C50H81N9O13. The van der Waals surface area contributed by atoms with Gasteiger partial charge in [-0.1, -0.05) is 87.8 Å². The molecule has 0 radical (unpaired) electrons. The van der Waals surface area contributed by atoms with Crippen LogP contribution in [0, 0.1) is 35.5 Å². The van der Waals surface area contributed by atoms with Crippen molar-refractivity contribution in [2.75, 3.05) is 52.3 Å². The molecule has 72 heavy (non-hydrogen) atoms. The summed E-state index contributed by atoms with van der Waals surface area (Å²) in [7, 11) is 3.10. The van der Waals surface area contributed by atoms with Crippen LogP contribution in [0.3, 0.4) is 0 Å². The van der Waals surface area contributed by atoms with Crippen molar-refractivity contribution in [1.82, 2.24) is 36.0 Å². The number of amides is 10. The van der Waals surface area contributed by atoms with Gasteiger partial charge in [0, 0.05) is 50.6 Å². The van der Waals surface area contributed by atoms with Crippen molar-refractivity contribution in [3.8, 4) is 0 Å². The molecule has 1 heterocycles. The number of primary amides is 1. The van der Waals surface area contributed by atoms with Crippen molar-refractivity contribution in [2.24, 2.45) is 41.2 Å². The van der Waals surface area contributed by atoms with E-state index < -0.39 is 66.0 Å². The van der Waals surface area contributed by atoms with E-state index in [0.717, 1.165) is 17.6 Å². The molecule has 0 spiro atoms. The largest absolute Gasteiger partial charge is 0.447 e. The van der Waals surface area contributed by atoms with Crippen LogP contribution in [0.1, 0.15) is 107 Å². The summed E-state index contributed by atoms with van der Waals surface area (Å²) in [6.45, 7) is 18.0. The average Bonchev–Trinajstić information content (AvgIpc) is 3.57. The number of imide groups is 1. The zero-order chi connectivity index (χ0) is 54.4. The zero-order valence-electron chi connectivity index (χ0n) is 44.2. The molecule has 1 aromatic carbocycles. The van der Waals surface area contributed by atoms with E-state index in [2.05, 4.69) is 26.6 Å². The Morgan fingerprint density at radius 3 is 1.96 bits per heavy atom. The average molecular weight is 1020 g/mol. The summed E-state index contributed by atoms with van der Waals surface area (Å²) in [5, 5.41) is 13.3. The summed E-state index contributed by atoms with van der Waals surface area (Å²) in [5.74, 6) is -4.53. The molecule has 8 atom stereocenters. The third kappa shape index (κ3) is 19.0. The predicted molar refractivity (Wildman–Crippen MR) is 267 cm³/mol. The summed E-state index contributed by atoms with van der Waals surface area (Å²) in [5.41, 5.74) is 6.07. The molecular weight excluding hydrogens is 935 g/mol. The number of alkyl carbamates (subject to hydrolysis) is 1. The Labute approximate surface area is 424 Å². The summed E-state index contributed by atoms with van der Waals surface area (Å²) in [6, 6.07) is 1.04. The van der Waals surface area contributed by atoms with Crippen molar-refractivity contribution < 1.29 is 62.2 Å². The molecule has 10 amide bonds. The smallest absolute Gasteiger partial charge is 0.410 e. The van der Waals surface area contributed by atoms with Crippen molar-refractivity contribution >= 4 is 65.6 Å². The first kappa shape index (κ1) is 61.8. The first-order chi connectivity index (χ1) is 33.9. The van der Waals surface area contributed by atoms with Crippen LogP contribution in [0.4, 0.5) is 20.1 Å². The van der Waals surface area contributed by atoms with Crippen molar-refractivity contribution in [3.05, 3.63) is 29.8 Å². The van der Waals surface area contributed by atoms with E-state index in [9.17, 15) is 47.9 Å². The number of nitrogens with one attached hydrogen (secondary N) is 5. The lowest BCUT2D eigenvalue weighted by Crippen LogP contribution is -2.59. The number of nitrogens with two attached hydrogens (primary N) is 1. The Kier molecular flexibility index (Phi) is 26.2. The van der Waals surface area contributed by atoms with Crippen LogP contribution < -0.4 is 32.3 Å². The number of hydrogen-bond acceptors (Lipinski definition) is 13. The number of aldehydes is 1. The molecule has 0 aromatic heterocycles. The quantitative estimate of drug-likeness (QED) is 0.0366. The van der Waals surface area contributed by atoms with Gasteiger partial charge in [-0.25, -0.2) is 14.4 Å². The zero-order valence-corrected chi connectivity index (χ0v) is 44.2. The van der Waals surface area contributed by atoms with Crippen LogP contribution in [-0.2, 0) is 54.4 Å². The number of anilines is 1. The maximum Gasteiger partial charge on any atom is 0.410 e. The number of ether oxygens (including phenoxy) is 3. The van der Waals surface area contributed by atoms with E-state index in [-0.39, 0.29) is 112 Å². The lowest BCUT2D eigenvalue weighted by Gasteiger charge is -2.39. The molecule has 22 nitrogen and oxygen atoms in total. The Hall–Kier alpha value is -6.32. The van der Waals surface area contributed by atoms with Gasteiger partial charge >= 0.3 is 18.2 Å². The monoisotopic (exact) mass is 1020 g/mol. The lowest BCUT2D eigenvalue weighted by molar-refractivity contribution is -0.142. The number of likely N-dealkylation sites (tertiary alicyclic amines) is 1. The number of rotatable bonds is 30. The fraction of sp³-hybridized carbons (Fsp3) is 0.680.